The Morgan fingerprint density at radius 2 is 1.86 bits per heavy atom. The van der Waals surface area contributed by atoms with Crippen LogP contribution in [0.3, 0.4) is 0 Å². The fraction of sp³-hybridized carbons (Fsp3) is 0.238. The van der Waals surface area contributed by atoms with Crippen LogP contribution in [0.5, 0.6) is 5.75 Å². The lowest BCUT2D eigenvalue weighted by molar-refractivity contribution is -0.130. The molecule has 0 saturated carbocycles. The number of oxazole rings is 1. The van der Waals surface area contributed by atoms with Gasteiger partial charge >= 0.3 is 6.61 Å². The van der Waals surface area contributed by atoms with Gasteiger partial charge in [-0.2, -0.15) is 8.78 Å². The fourth-order valence-electron chi connectivity index (χ4n) is 2.70. The molecule has 3 aromatic rings. The topological polar surface area (TPSA) is 55.6 Å². The zero-order chi connectivity index (χ0) is 19.9. The van der Waals surface area contributed by atoms with Gasteiger partial charge in [-0.05, 0) is 17.7 Å². The van der Waals surface area contributed by atoms with Crippen LogP contribution in [-0.4, -0.2) is 29.5 Å². The van der Waals surface area contributed by atoms with Gasteiger partial charge in [0.05, 0.1) is 6.20 Å². The molecule has 0 spiro atoms. The summed E-state index contributed by atoms with van der Waals surface area (Å²) in [6.45, 7) is -2.48. The Morgan fingerprint density at radius 3 is 2.54 bits per heavy atom. The molecule has 1 aromatic heterocycles. The zero-order valence-electron chi connectivity index (χ0n) is 15.3. The number of rotatable bonds is 8. The van der Waals surface area contributed by atoms with Crippen LogP contribution in [0.25, 0.3) is 11.3 Å². The normalized spacial score (nSPS) is 10.9. The van der Waals surface area contributed by atoms with Crippen molar-refractivity contribution in [1.82, 2.24) is 9.88 Å². The fourth-order valence-corrected chi connectivity index (χ4v) is 2.70. The van der Waals surface area contributed by atoms with Gasteiger partial charge in [0.1, 0.15) is 5.75 Å². The van der Waals surface area contributed by atoms with E-state index in [0.29, 0.717) is 24.6 Å². The van der Waals surface area contributed by atoms with Crippen LogP contribution >= 0.6 is 0 Å². The van der Waals surface area contributed by atoms with Gasteiger partial charge in [0.15, 0.2) is 11.7 Å². The molecule has 0 aliphatic carbocycles. The summed E-state index contributed by atoms with van der Waals surface area (Å²) in [5, 5.41) is 0. The molecule has 0 fully saturated rings. The number of halogens is 2. The standard InChI is InChI=1S/C21H20F2N2O3/c1-25(14-15-7-9-17(10-8-15)27-21(22)23)20(26)12-11-19-24-13-18(28-19)16-5-3-2-4-6-16/h2-10,13,21H,11-12,14H2,1H3. The van der Waals surface area contributed by atoms with Crippen molar-refractivity contribution < 1.29 is 22.7 Å². The number of hydrogen-bond acceptors (Lipinski definition) is 4. The second-order valence-corrected chi connectivity index (χ2v) is 6.26. The summed E-state index contributed by atoms with van der Waals surface area (Å²) < 4.78 is 34.4. The summed E-state index contributed by atoms with van der Waals surface area (Å²) in [6.07, 6.45) is 2.32. The number of nitrogens with zero attached hydrogens (tertiary/aromatic N) is 2. The van der Waals surface area contributed by atoms with E-state index in [1.165, 1.54) is 12.1 Å². The first-order chi connectivity index (χ1) is 13.5. The molecule has 7 heteroatoms. The predicted molar refractivity (Wildman–Crippen MR) is 99.8 cm³/mol. The van der Waals surface area contributed by atoms with Gasteiger partial charge in [-0.25, -0.2) is 4.98 Å². The van der Waals surface area contributed by atoms with E-state index < -0.39 is 6.61 Å². The summed E-state index contributed by atoms with van der Waals surface area (Å²) in [4.78, 5) is 18.1. The van der Waals surface area contributed by atoms with Crippen molar-refractivity contribution in [3.63, 3.8) is 0 Å². The van der Waals surface area contributed by atoms with Crippen molar-refractivity contribution in [2.75, 3.05) is 7.05 Å². The van der Waals surface area contributed by atoms with Crippen molar-refractivity contribution in [3.8, 4) is 17.1 Å². The number of aromatic nitrogens is 1. The number of aryl methyl sites for hydroxylation is 1. The van der Waals surface area contributed by atoms with Gasteiger partial charge in [0, 0.05) is 32.0 Å². The lowest BCUT2D eigenvalue weighted by Crippen LogP contribution is -2.26. The van der Waals surface area contributed by atoms with Crippen molar-refractivity contribution in [3.05, 3.63) is 72.2 Å². The van der Waals surface area contributed by atoms with E-state index in [9.17, 15) is 13.6 Å². The molecule has 0 saturated heterocycles. The number of amides is 1. The molecular weight excluding hydrogens is 366 g/mol. The Morgan fingerprint density at radius 1 is 1.14 bits per heavy atom. The van der Waals surface area contributed by atoms with E-state index in [-0.39, 0.29) is 18.1 Å². The van der Waals surface area contributed by atoms with Crippen molar-refractivity contribution in [2.24, 2.45) is 0 Å². The Labute approximate surface area is 161 Å². The SMILES string of the molecule is CN(Cc1ccc(OC(F)F)cc1)C(=O)CCc1ncc(-c2ccccc2)o1. The van der Waals surface area contributed by atoms with Crippen LogP contribution in [0.4, 0.5) is 8.78 Å². The van der Waals surface area contributed by atoms with Crippen LogP contribution < -0.4 is 4.74 Å². The lowest BCUT2D eigenvalue weighted by atomic mass is 10.2. The number of ether oxygens (including phenoxy) is 1. The number of alkyl halides is 2. The highest BCUT2D eigenvalue weighted by molar-refractivity contribution is 5.76. The van der Waals surface area contributed by atoms with E-state index in [0.717, 1.165) is 11.1 Å². The Hall–Kier alpha value is -3.22. The third-order valence-electron chi connectivity index (χ3n) is 4.16. The largest absolute Gasteiger partial charge is 0.441 e. The smallest absolute Gasteiger partial charge is 0.387 e. The number of benzene rings is 2. The molecular formula is C21H20F2N2O3. The molecule has 0 radical (unpaired) electrons. The summed E-state index contributed by atoms with van der Waals surface area (Å²) in [5.74, 6) is 1.20. The Kier molecular flexibility index (Phi) is 6.37. The molecule has 1 amide bonds. The molecule has 0 atom stereocenters. The van der Waals surface area contributed by atoms with Gasteiger partial charge in [0.2, 0.25) is 5.91 Å². The molecule has 0 aliphatic rings. The molecule has 146 valence electrons. The minimum Gasteiger partial charge on any atom is -0.441 e. The van der Waals surface area contributed by atoms with E-state index in [4.69, 9.17) is 4.42 Å². The van der Waals surface area contributed by atoms with Crippen LogP contribution in [0, 0.1) is 0 Å². The van der Waals surface area contributed by atoms with Crippen LogP contribution in [0.1, 0.15) is 17.9 Å². The highest BCUT2D eigenvalue weighted by Gasteiger charge is 2.13. The second-order valence-electron chi connectivity index (χ2n) is 6.26. The van der Waals surface area contributed by atoms with Crippen molar-refractivity contribution in [2.45, 2.75) is 26.0 Å². The Bertz CT molecular complexity index is 896. The van der Waals surface area contributed by atoms with E-state index in [1.807, 2.05) is 30.3 Å². The van der Waals surface area contributed by atoms with E-state index in [2.05, 4.69) is 9.72 Å². The predicted octanol–water partition coefficient (Wildman–Crippen LogP) is 4.53. The average Bonchev–Trinajstić information content (AvgIpc) is 3.17. The summed E-state index contributed by atoms with van der Waals surface area (Å²) in [7, 11) is 1.69. The quantitative estimate of drug-likeness (QED) is 0.571. The highest BCUT2D eigenvalue weighted by Crippen LogP contribution is 2.20. The highest BCUT2D eigenvalue weighted by atomic mass is 19.3. The molecule has 2 aromatic carbocycles. The molecule has 0 bridgehead atoms. The zero-order valence-corrected chi connectivity index (χ0v) is 15.3. The lowest BCUT2D eigenvalue weighted by Gasteiger charge is -2.17. The maximum atomic E-state index is 12.3. The van der Waals surface area contributed by atoms with Crippen LogP contribution in [-0.2, 0) is 17.8 Å². The first kappa shape index (κ1) is 19.5. The molecule has 0 unspecified atom stereocenters. The molecule has 5 nitrogen and oxygen atoms in total. The second kappa shape index (κ2) is 9.12. The van der Waals surface area contributed by atoms with Gasteiger partial charge in [0.25, 0.3) is 0 Å². The number of carbonyl (C=O) groups excluding carboxylic acids is 1. The van der Waals surface area contributed by atoms with Crippen LogP contribution in [0.2, 0.25) is 0 Å². The molecule has 3 rings (SSSR count). The minimum atomic E-state index is -2.85. The first-order valence-corrected chi connectivity index (χ1v) is 8.79. The third kappa shape index (κ3) is 5.39. The maximum Gasteiger partial charge on any atom is 0.387 e. The molecule has 0 N–H and O–H groups in total. The number of carbonyl (C=O) groups is 1. The van der Waals surface area contributed by atoms with Gasteiger partial charge < -0.3 is 14.1 Å². The summed E-state index contributed by atoms with van der Waals surface area (Å²) in [6, 6.07) is 15.8. The first-order valence-electron chi connectivity index (χ1n) is 8.79. The van der Waals surface area contributed by atoms with Gasteiger partial charge in [-0.3, -0.25) is 4.79 Å². The van der Waals surface area contributed by atoms with Crippen LogP contribution in [0.15, 0.2) is 65.2 Å². The molecule has 1 heterocycles. The van der Waals surface area contributed by atoms with Gasteiger partial charge in [-0.15, -0.1) is 0 Å². The van der Waals surface area contributed by atoms with E-state index >= 15 is 0 Å². The van der Waals surface area contributed by atoms with Crippen molar-refractivity contribution >= 4 is 5.91 Å². The minimum absolute atomic E-state index is 0.0626. The molecule has 0 aliphatic heterocycles. The van der Waals surface area contributed by atoms with E-state index in [1.54, 1.807) is 30.3 Å². The summed E-state index contributed by atoms with van der Waals surface area (Å²) >= 11 is 0. The average molecular weight is 386 g/mol. The van der Waals surface area contributed by atoms with Gasteiger partial charge in [-0.1, -0.05) is 42.5 Å². The maximum absolute atomic E-state index is 12.3. The monoisotopic (exact) mass is 386 g/mol. The molecule has 28 heavy (non-hydrogen) atoms. The Balaban J connectivity index is 1.50. The third-order valence-corrected chi connectivity index (χ3v) is 4.16. The van der Waals surface area contributed by atoms with Crippen molar-refractivity contribution in [1.29, 1.82) is 0 Å². The number of hydrogen-bond donors (Lipinski definition) is 0. The summed E-state index contributed by atoms with van der Waals surface area (Å²) in [5.41, 5.74) is 1.75.